The van der Waals surface area contributed by atoms with Crippen LogP contribution in [0.1, 0.15) is 23.2 Å². The second kappa shape index (κ2) is 5.56. The lowest BCUT2D eigenvalue weighted by Gasteiger charge is -2.10. The number of nitrogens with zero attached hydrogens (tertiary/aromatic N) is 3. The van der Waals surface area contributed by atoms with Crippen LogP contribution in [0, 0.1) is 13.8 Å². The SMILES string of the molecule is Cc1nc(CNc2cc(NN)nc(C(F)(F)F)n2)oc1C. The summed E-state index contributed by atoms with van der Waals surface area (Å²) < 4.78 is 43.3. The highest BCUT2D eigenvalue weighted by molar-refractivity contribution is 5.47. The van der Waals surface area contributed by atoms with E-state index in [1.165, 1.54) is 6.07 Å². The van der Waals surface area contributed by atoms with Gasteiger partial charge in [0, 0.05) is 6.07 Å². The zero-order chi connectivity index (χ0) is 15.6. The van der Waals surface area contributed by atoms with Gasteiger partial charge < -0.3 is 15.2 Å². The summed E-state index contributed by atoms with van der Waals surface area (Å²) in [6.07, 6.45) is -4.67. The standard InChI is InChI=1S/C11H13F3N6O/c1-5-6(2)21-9(17-5)4-16-7-3-8(20-15)19-10(18-7)11(12,13)14/h3H,4,15H2,1-2H3,(H2,16,18,19,20). The molecular weight excluding hydrogens is 289 g/mol. The summed E-state index contributed by atoms with van der Waals surface area (Å²) in [6.45, 7) is 3.60. The number of hydrogen-bond donors (Lipinski definition) is 3. The van der Waals surface area contributed by atoms with Gasteiger partial charge in [0.1, 0.15) is 17.4 Å². The van der Waals surface area contributed by atoms with E-state index < -0.39 is 12.0 Å². The van der Waals surface area contributed by atoms with Crippen molar-refractivity contribution in [1.29, 1.82) is 0 Å². The van der Waals surface area contributed by atoms with Gasteiger partial charge in [-0.05, 0) is 13.8 Å². The van der Waals surface area contributed by atoms with Gasteiger partial charge in [-0.1, -0.05) is 0 Å². The van der Waals surface area contributed by atoms with E-state index in [1.807, 2.05) is 0 Å². The van der Waals surface area contributed by atoms with E-state index in [-0.39, 0.29) is 18.2 Å². The zero-order valence-corrected chi connectivity index (χ0v) is 11.2. The van der Waals surface area contributed by atoms with Crippen molar-refractivity contribution in [2.24, 2.45) is 5.84 Å². The Labute approximate surface area is 117 Å². The number of oxazole rings is 1. The lowest BCUT2D eigenvalue weighted by atomic mass is 10.4. The molecule has 2 rings (SSSR count). The Morgan fingerprint density at radius 1 is 1.19 bits per heavy atom. The molecule has 0 aliphatic rings. The quantitative estimate of drug-likeness (QED) is 0.586. The lowest BCUT2D eigenvalue weighted by Crippen LogP contribution is -2.17. The predicted molar refractivity (Wildman–Crippen MR) is 68.1 cm³/mol. The number of rotatable bonds is 4. The molecule has 2 aromatic heterocycles. The summed E-state index contributed by atoms with van der Waals surface area (Å²) in [7, 11) is 0. The van der Waals surface area contributed by atoms with E-state index in [0.29, 0.717) is 11.7 Å². The number of alkyl halides is 3. The van der Waals surface area contributed by atoms with Gasteiger partial charge >= 0.3 is 6.18 Å². The average molecular weight is 302 g/mol. The minimum Gasteiger partial charge on any atom is -0.444 e. The lowest BCUT2D eigenvalue weighted by molar-refractivity contribution is -0.144. The van der Waals surface area contributed by atoms with E-state index >= 15 is 0 Å². The molecule has 0 unspecified atom stereocenters. The summed E-state index contributed by atoms with van der Waals surface area (Å²) in [5.74, 6) is 4.60. The van der Waals surface area contributed by atoms with E-state index in [2.05, 4.69) is 25.7 Å². The van der Waals surface area contributed by atoms with Crippen molar-refractivity contribution in [3.63, 3.8) is 0 Å². The number of anilines is 2. The van der Waals surface area contributed by atoms with Crippen LogP contribution < -0.4 is 16.6 Å². The third-order valence-electron chi connectivity index (χ3n) is 2.62. The topological polar surface area (TPSA) is 102 Å². The van der Waals surface area contributed by atoms with Crippen LogP contribution in [0.4, 0.5) is 24.8 Å². The summed E-state index contributed by atoms with van der Waals surface area (Å²) in [5.41, 5.74) is 2.78. The Hall–Kier alpha value is -2.36. The fraction of sp³-hybridized carbons (Fsp3) is 0.364. The van der Waals surface area contributed by atoms with Crippen molar-refractivity contribution < 1.29 is 17.6 Å². The molecule has 114 valence electrons. The Morgan fingerprint density at radius 2 is 1.86 bits per heavy atom. The van der Waals surface area contributed by atoms with Crippen molar-refractivity contribution in [1.82, 2.24) is 15.0 Å². The maximum Gasteiger partial charge on any atom is 0.451 e. The number of hydrogen-bond acceptors (Lipinski definition) is 7. The summed E-state index contributed by atoms with van der Waals surface area (Å²) in [4.78, 5) is 10.7. The van der Waals surface area contributed by atoms with Gasteiger partial charge in [-0.3, -0.25) is 0 Å². The number of aryl methyl sites for hydroxylation is 2. The number of hydrazine groups is 1. The first kappa shape index (κ1) is 15.0. The molecule has 0 saturated heterocycles. The molecule has 7 nitrogen and oxygen atoms in total. The van der Waals surface area contributed by atoms with Gasteiger partial charge in [0.15, 0.2) is 0 Å². The van der Waals surface area contributed by atoms with Crippen molar-refractivity contribution in [2.45, 2.75) is 26.6 Å². The van der Waals surface area contributed by atoms with Crippen molar-refractivity contribution >= 4 is 11.6 Å². The molecule has 0 atom stereocenters. The summed E-state index contributed by atoms with van der Waals surface area (Å²) in [6, 6.07) is 1.25. The largest absolute Gasteiger partial charge is 0.451 e. The number of halogens is 3. The van der Waals surface area contributed by atoms with Crippen molar-refractivity contribution in [2.75, 3.05) is 10.7 Å². The van der Waals surface area contributed by atoms with Crippen LogP contribution in [0.5, 0.6) is 0 Å². The Morgan fingerprint density at radius 3 is 2.38 bits per heavy atom. The molecule has 0 aliphatic heterocycles. The van der Waals surface area contributed by atoms with Gasteiger partial charge in [-0.25, -0.2) is 20.8 Å². The maximum atomic E-state index is 12.7. The molecule has 0 spiro atoms. The highest BCUT2D eigenvalue weighted by Crippen LogP contribution is 2.28. The van der Waals surface area contributed by atoms with E-state index in [0.717, 1.165) is 5.69 Å². The van der Waals surface area contributed by atoms with Crippen LogP contribution >= 0.6 is 0 Å². The van der Waals surface area contributed by atoms with Gasteiger partial charge in [0.05, 0.1) is 12.2 Å². The van der Waals surface area contributed by atoms with Crippen LogP contribution in [0.3, 0.4) is 0 Å². The summed E-state index contributed by atoms with van der Waals surface area (Å²) >= 11 is 0. The summed E-state index contributed by atoms with van der Waals surface area (Å²) in [5, 5.41) is 2.69. The second-order valence-corrected chi connectivity index (χ2v) is 4.21. The number of aromatic nitrogens is 3. The molecule has 0 saturated carbocycles. The average Bonchev–Trinajstić information content (AvgIpc) is 2.74. The van der Waals surface area contributed by atoms with Crippen LogP contribution in [0.25, 0.3) is 0 Å². The van der Waals surface area contributed by atoms with Gasteiger partial charge in [0.25, 0.3) is 0 Å². The first-order valence-electron chi connectivity index (χ1n) is 5.89. The fourth-order valence-corrected chi connectivity index (χ4v) is 1.52. The van der Waals surface area contributed by atoms with E-state index in [9.17, 15) is 13.2 Å². The second-order valence-electron chi connectivity index (χ2n) is 4.21. The molecule has 21 heavy (non-hydrogen) atoms. The highest BCUT2D eigenvalue weighted by atomic mass is 19.4. The molecule has 0 bridgehead atoms. The van der Waals surface area contributed by atoms with Crippen LogP contribution in [-0.4, -0.2) is 15.0 Å². The molecule has 0 amide bonds. The third-order valence-corrected chi connectivity index (χ3v) is 2.62. The smallest absolute Gasteiger partial charge is 0.444 e. The number of nitrogens with one attached hydrogen (secondary N) is 2. The zero-order valence-electron chi connectivity index (χ0n) is 11.2. The minimum atomic E-state index is -4.67. The molecule has 0 aromatic carbocycles. The molecule has 0 radical (unpaired) electrons. The van der Waals surface area contributed by atoms with Gasteiger partial charge in [-0.15, -0.1) is 0 Å². The van der Waals surface area contributed by atoms with Crippen molar-refractivity contribution in [3.05, 3.63) is 29.2 Å². The maximum absolute atomic E-state index is 12.7. The van der Waals surface area contributed by atoms with Gasteiger partial charge in [0.2, 0.25) is 11.7 Å². The first-order valence-corrected chi connectivity index (χ1v) is 5.89. The molecular formula is C11H13F3N6O. The first-order chi connectivity index (χ1) is 9.79. The normalized spacial score (nSPS) is 11.5. The van der Waals surface area contributed by atoms with Crippen LogP contribution in [0.2, 0.25) is 0 Å². The molecule has 0 aliphatic carbocycles. The molecule has 10 heteroatoms. The monoisotopic (exact) mass is 302 g/mol. The third kappa shape index (κ3) is 3.60. The highest BCUT2D eigenvalue weighted by Gasteiger charge is 2.35. The number of nitrogens with two attached hydrogens (primary N) is 1. The van der Waals surface area contributed by atoms with E-state index in [1.54, 1.807) is 13.8 Å². The Bertz CT molecular complexity index is 620. The molecule has 4 N–H and O–H groups in total. The Balaban J connectivity index is 2.19. The van der Waals surface area contributed by atoms with Gasteiger partial charge in [-0.2, -0.15) is 13.2 Å². The van der Waals surface area contributed by atoms with Crippen LogP contribution in [0.15, 0.2) is 10.5 Å². The Kier molecular flexibility index (Phi) is 3.98. The molecule has 2 heterocycles. The predicted octanol–water partition coefficient (Wildman–Crippen LogP) is 2.00. The van der Waals surface area contributed by atoms with E-state index in [4.69, 9.17) is 10.3 Å². The molecule has 2 aromatic rings. The molecule has 0 fully saturated rings. The van der Waals surface area contributed by atoms with Crippen molar-refractivity contribution in [3.8, 4) is 0 Å². The number of nitrogen functional groups attached to an aromatic ring is 1. The minimum absolute atomic E-state index is 0.0428. The fourth-order valence-electron chi connectivity index (χ4n) is 1.52. The van der Waals surface area contributed by atoms with Crippen LogP contribution in [-0.2, 0) is 12.7 Å².